The van der Waals surface area contributed by atoms with Gasteiger partial charge in [-0.05, 0) is 40.5 Å². The summed E-state index contributed by atoms with van der Waals surface area (Å²) in [6, 6.07) is 6.22. The second-order valence-corrected chi connectivity index (χ2v) is 4.44. The summed E-state index contributed by atoms with van der Waals surface area (Å²) < 4.78 is 1.07. The lowest BCUT2D eigenvalue weighted by Gasteiger charge is -2.08. The van der Waals surface area contributed by atoms with Crippen molar-refractivity contribution in [1.82, 2.24) is 9.97 Å². The highest BCUT2D eigenvalue weighted by molar-refractivity contribution is 9.10. The molecule has 1 aromatic heterocycles. The molecule has 4 heteroatoms. The summed E-state index contributed by atoms with van der Waals surface area (Å²) in [5, 5.41) is 3.33. The first-order valence-corrected chi connectivity index (χ1v) is 5.79. The molecule has 0 atom stereocenters. The van der Waals surface area contributed by atoms with Gasteiger partial charge in [0.05, 0.1) is 0 Å². The van der Waals surface area contributed by atoms with E-state index >= 15 is 0 Å². The third-order valence-corrected chi connectivity index (χ3v) is 2.88. The molecule has 0 saturated carbocycles. The maximum Gasteiger partial charge on any atom is 0.115 e. The molecule has 0 saturated heterocycles. The van der Waals surface area contributed by atoms with Gasteiger partial charge in [-0.1, -0.05) is 6.07 Å². The Hall–Kier alpha value is -1.42. The number of benzene rings is 1. The molecule has 0 aliphatic rings. The summed E-state index contributed by atoms with van der Waals surface area (Å²) in [6.45, 7) is 2.79. The summed E-state index contributed by atoms with van der Waals surface area (Å²) in [5.41, 5.74) is 3.38. The number of hydrogen-bond donors (Lipinski definition) is 1. The van der Waals surface area contributed by atoms with Crippen LogP contribution in [0, 0.1) is 6.92 Å². The van der Waals surface area contributed by atoms with Crippen LogP contribution in [0.3, 0.4) is 0 Å². The fourth-order valence-corrected chi connectivity index (χ4v) is 2.02. The van der Waals surface area contributed by atoms with Crippen LogP contribution in [0.2, 0.25) is 0 Å². The highest BCUT2D eigenvalue weighted by atomic mass is 79.9. The van der Waals surface area contributed by atoms with E-state index in [1.165, 1.54) is 11.9 Å². The van der Waals surface area contributed by atoms with E-state index in [0.29, 0.717) is 0 Å². The minimum atomic E-state index is 0.725. The van der Waals surface area contributed by atoms with Crippen LogP contribution in [0.5, 0.6) is 0 Å². The van der Waals surface area contributed by atoms with E-state index in [1.807, 2.05) is 12.4 Å². The van der Waals surface area contributed by atoms with Crippen LogP contribution < -0.4 is 5.32 Å². The highest BCUT2D eigenvalue weighted by Gasteiger charge is 1.99. The summed E-state index contributed by atoms with van der Waals surface area (Å²) in [7, 11) is 0. The summed E-state index contributed by atoms with van der Waals surface area (Å²) in [4.78, 5) is 7.94. The molecule has 0 amide bonds. The minimum absolute atomic E-state index is 0.725. The number of aryl methyl sites for hydroxylation is 1. The Morgan fingerprint density at radius 2 is 2.00 bits per heavy atom. The number of hydrogen-bond acceptors (Lipinski definition) is 3. The number of nitrogens with one attached hydrogen (secondary N) is 1. The minimum Gasteiger partial charge on any atom is -0.380 e. The van der Waals surface area contributed by atoms with Gasteiger partial charge in [-0.25, -0.2) is 9.97 Å². The zero-order chi connectivity index (χ0) is 11.4. The van der Waals surface area contributed by atoms with Gasteiger partial charge in [-0.2, -0.15) is 0 Å². The first-order valence-electron chi connectivity index (χ1n) is 4.99. The van der Waals surface area contributed by atoms with Crippen LogP contribution in [0.1, 0.15) is 11.1 Å². The average Bonchev–Trinajstić information content (AvgIpc) is 2.29. The van der Waals surface area contributed by atoms with Crippen molar-refractivity contribution < 1.29 is 0 Å². The molecular weight excluding hydrogens is 266 g/mol. The van der Waals surface area contributed by atoms with Crippen molar-refractivity contribution in [1.29, 1.82) is 0 Å². The van der Waals surface area contributed by atoms with Gasteiger partial charge in [-0.3, -0.25) is 0 Å². The molecule has 3 nitrogen and oxygen atoms in total. The molecule has 1 heterocycles. The van der Waals surface area contributed by atoms with E-state index in [2.05, 4.69) is 56.3 Å². The molecule has 0 radical (unpaired) electrons. The van der Waals surface area contributed by atoms with Crippen molar-refractivity contribution >= 4 is 21.6 Å². The highest BCUT2D eigenvalue weighted by Crippen LogP contribution is 2.23. The monoisotopic (exact) mass is 277 g/mol. The molecule has 0 bridgehead atoms. The smallest absolute Gasteiger partial charge is 0.115 e. The molecule has 16 heavy (non-hydrogen) atoms. The van der Waals surface area contributed by atoms with E-state index in [1.54, 1.807) is 0 Å². The number of aromatic nitrogens is 2. The molecule has 1 aromatic carbocycles. The first kappa shape index (κ1) is 11.1. The number of rotatable bonds is 3. The van der Waals surface area contributed by atoms with E-state index in [9.17, 15) is 0 Å². The summed E-state index contributed by atoms with van der Waals surface area (Å²) in [6.07, 6.45) is 5.15. The maximum absolute atomic E-state index is 3.97. The van der Waals surface area contributed by atoms with Crippen molar-refractivity contribution in [3.05, 3.63) is 52.5 Å². The molecular formula is C12H12BrN3. The average molecular weight is 278 g/mol. The van der Waals surface area contributed by atoms with Gasteiger partial charge in [-0.15, -0.1) is 0 Å². The Morgan fingerprint density at radius 3 is 2.69 bits per heavy atom. The van der Waals surface area contributed by atoms with Gasteiger partial charge in [0.1, 0.15) is 6.33 Å². The van der Waals surface area contributed by atoms with Crippen LogP contribution >= 0.6 is 15.9 Å². The lowest BCUT2D eigenvalue weighted by atomic mass is 10.2. The molecule has 0 aliphatic carbocycles. The molecule has 0 aliphatic heterocycles. The predicted molar refractivity (Wildman–Crippen MR) is 68.2 cm³/mol. The van der Waals surface area contributed by atoms with Crippen LogP contribution in [0.15, 0.2) is 41.4 Å². The number of anilines is 1. The van der Waals surface area contributed by atoms with Crippen LogP contribution in [0.25, 0.3) is 0 Å². The fraction of sp³-hybridized carbons (Fsp3) is 0.167. The van der Waals surface area contributed by atoms with E-state index in [4.69, 9.17) is 0 Å². The van der Waals surface area contributed by atoms with Gasteiger partial charge >= 0.3 is 0 Å². The Kier molecular flexibility index (Phi) is 3.51. The van der Waals surface area contributed by atoms with E-state index in [-0.39, 0.29) is 0 Å². The van der Waals surface area contributed by atoms with Crippen LogP contribution in [-0.2, 0) is 6.54 Å². The zero-order valence-electron chi connectivity index (χ0n) is 8.94. The van der Waals surface area contributed by atoms with Crippen molar-refractivity contribution in [2.45, 2.75) is 13.5 Å². The third kappa shape index (κ3) is 2.79. The SMILES string of the molecule is Cc1ccc(NCc2cncnc2)c(Br)c1. The van der Waals surface area contributed by atoms with Gasteiger partial charge < -0.3 is 5.32 Å². The second-order valence-electron chi connectivity index (χ2n) is 3.58. The van der Waals surface area contributed by atoms with Crippen LogP contribution in [0.4, 0.5) is 5.69 Å². The molecule has 2 rings (SSSR count). The molecule has 2 aromatic rings. The van der Waals surface area contributed by atoms with Gasteiger partial charge in [0.25, 0.3) is 0 Å². The van der Waals surface area contributed by atoms with Gasteiger partial charge in [0.15, 0.2) is 0 Å². The largest absolute Gasteiger partial charge is 0.380 e. The molecule has 1 N–H and O–H groups in total. The number of nitrogens with zero attached hydrogens (tertiary/aromatic N) is 2. The summed E-state index contributed by atoms with van der Waals surface area (Å²) >= 11 is 3.53. The topological polar surface area (TPSA) is 37.8 Å². The van der Waals surface area contributed by atoms with Gasteiger partial charge in [0.2, 0.25) is 0 Å². The maximum atomic E-state index is 3.97. The number of halogens is 1. The molecule has 82 valence electrons. The molecule has 0 spiro atoms. The van der Waals surface area contributed by atoms with Crippen molar-refractivity contribution in [3.63, 3.8) is 0 Å². The van der Waals surface area contributed by atoms with E-state index in [0.717, 1.165) is 22.3 Å². The van der Waals surface area contributed by atoms with Gasteiger partial charge in [0, 0.05) is 34.7 Å². The van der Waals surface area contributed by atoms with Crippen molar-refractivity contribution in [3.8, 4) is 0 Å². The van der Waals surface area contributed by atoms with Crippen LogP contribution in [-0.4, -0.2) is 9.97 Å². The fourth-order valence-electron chi connectivity index (χ4n) is 1.38. The Bertz CT molecular complexity index is 471. The van der Waals surface area contributed by atoms with E-state index < -0.39 is 0 Å². The quantitative estimate of drug-likeness (QED) is 0.937. The third-order valence-electron chi connectivity index (χ3n) is 2.22. The molecule has 0 fully saturated rings. The predicted octanol–water partition coefficient (Wildman–Crippen LogP) is 3.16. The lowest BCUT2D eigenvalue weighted by molar-refractivity contribution is 1.05. The Labute approximate surface area is 103 Å². The molecule has 0 unspecified atom stereocenters. The normalized spacial score (nSPS) is 10.1. The zero-order valence-corrected chi connectivity index (χ0v) is 10.5. The summed E-state index contributed by atoms with van der Waals surface area (Å²) in [5.74, 6) is 0. The first-order chi connectivity index (χ1) is 7.75. The van der Waals surface area contributed by atoms with Crippen molar-refractivity contribution in [2.24, 2.45) is 0 Å². The Balaban J connectivity index is 2.05. The second kappa shape index (κ2) is 5.07. The Morgan fingerprint density at radius 1 is 1.25 bits per heavy atom. The van der Waals surface area contributed by atoms with Crippen molar-refractivity contribution in [2.75, 3.05) is 5.32 Å². The standard InChI is InChI=1S/C12H12BrN3/c1-9-2-3-12(11(13)4-9)16-7-10-5-14-8-15-6-10/h2-6,8,16H,7H2,1H3. The lowest BCUT2D eigenvalue weighted by Crippen LogP contribution is -2.00.